The molecule has 1 aliphatic heterocycles. The van der Waals surface area contributed by atoms with Crippen LogP contribution >= 0.6 is 0 Å². The molecule has 0 atom stereocenters. The minimum atomic E-state index is -0.445. The van der Waals surface area contributed by atoms with Gasteiger partial charge in [-0.25, -0.2) is 14.2 Å². The molecule has 5 rings (SSSR count). The minimum Gasteiger partial charge on any atom is -0.372 e. The van der Waals surface area contributed by atoms with Gasteiger partial charge in [0.2, 0.25) is 5.78 Å². The van der Waals surface area contributed by atoms with E-state index < -0.39 is 5.82 Å². The molecular formula is C27H27FN6O2. The molecule has 0 amide bonds. The zero-order valence-corrected chi connectivity index (χ0v) is 20.2. The molecular weight excluding hydrogens is 459 g/mol. The van der Waals surface area contributed by atoms with E-state index in [4.69, 9.17) is 0 Å². The van der Waals surface area contributed by atoms with Crippen molar-refractivity contribution in [2.45, 2.75) is 25.8 Å². The maximum Gasteiger partial charge on any atom is 0.327 e. The molecule has 0 unspecified atom stereocenters. The number of piperidine rings is 1. The van der Waals surface area contributed by atoms with Crippen LogP contribution in [0.25, 0.3) is 22.1 Å². The molecule has 3 aromatic heterocycles. The lowest BCUT2D eigenvalue weighted by molar-refractivity contribution is 0.103. The Morgan fingerprint density at radius 2 is 1.97 bits per heavy atom. The lowest BCUT2D eigenvalue weighted by Gasteiger charge is -2.34. The molecule has 1 fully saturated rings. The van der Waals surface area contributed by atoms with E-state index in [2.05, 4.69) is 26.4 Å². The van der Waals surface area contributed by atoms with Gasteiger partial charge in [0.25, 0.3) is 0 Å². The number of carbonyl (C=O) groups is 1. The molecule has 0 spiro atoms. The summed E-state index contributed by atoms with van der Waals surface area (Å²) < 4.78 is 18.1. The highest BCUT2D eigenvalue weighted by molar-refractivity contribution is 6.16. The van der Waals surface area contributed by atoms with Crippen molar-refractivity contribution in [3.05, 3.63) is 88.6 Å². The van der Waals surface area contributed by atoms with Crippen LogP contribution in [0.2, 0.25) is 0 Å². The molecule has 0 saturated carbocycles. The van der Waals surface area contributed by atoms with E-state index in [9.17, 15) is 14.0 Å². The molecule has 1 saturated heterocycles. The second-order valence-electron chi connectivity index (χ2n) is 8.91. The molecule has 1 aliphatic rings. The summed E-state index contributed by atoms with van der Waals surface area (Å²) in [5, 5.41) is 0.285. The standard InChI is InChI=1S/C27H27FN6O2/c1-4-29-21(25(35)19-16-32(3)22-8-5-7-20(28)24(19)22)15-17(2)33-13-10-18(11-14-33)34-23-9-6-12-30-26(23)31-27(34)36/h4-9,12,15-16,18H,2,10-11,13-14H2,1,3H3,(H,30,31,36)/b21-15-,29-4-. The van der Waals surface area contributed by atoms with Gasteiger partial charge in [-0.05, 0) is 50.1 Å². The van der Waals surface area contributed by atoms with Crippen LogP contribution in [0.15, 0.2) is 76.6 Å². The van der Waals surface area contributed by atoms with Crippen molar-refractivity contribution in [3.63, 3.8) is 0 Å². The third-order valence-electron chi connectivity index (χ3n) is 6.74. The summed E-state index contributed by atoms with van der Waals surface area (Å²) in [5.74, 6) is -0.808. The summed E-state index contributed by atoms with van der Waals surface area (Å²) in [6.07, 6.45) is 7.97. The van der Waals surface area contributed by atoms with Gasteiger partial charge in [0, 0.05) is 55.9 Å². The Hall–Kier alpha value is -4.27. The van der Waals surface area contributed by atoms with Crippen LogP contribution in [0.3, 0.4) is 0 Å². The predicted octanol–water partition coefficient (Wildman–Crippen LogP) is 4.36. The van der Waals surface area contributed by atoms with Gasteiger partial charge in [-0.2, -0.15) is 0 Å². The molecule has 4 aromatic rings. The Morgan fingerprint density at radius 1 is 1.22 bits per heavy atom. The number of pyridine rings is 1. The molecule has 9 heteroatoms. The Morgan fingerprint density at radius 3 is 2.72 bits per heavy atom. The second kappa shape index (κ2) is 9.41. The Kier molecular flexibility index (Phi) is 6.13. The first-order valence-corrected chi connectivity index (χ1v) is 11.9. The van der Waals surface area contributed by atoms with Gasteiger partial charge in [0.05, 0.1) is 16.6 Å². The summed E-state index contributed by atoms with van der Waals surface area (Å²) in [6.45, 7) is 7.24. The van der Waals surface area contributed by atoms with Crippen LogP contribution in [-0.4, -0.2) is 49.1 Å². The summed E-state index contributed by atoms with van der Waals surface area (Å²) in [4.78, 5) is 39.4. The van der Waals surface area contributed by atoms with E-state index >= 15 is 0 Å². The molecule has 0 aliphatic carbocycles. The zero-order chi connectivity index (χ0) is 25.4. The number of likely N-dealkylation sites (tertiary alicyclic amines) is 1. The number of nitrogens with one attached hydrogen (secondary N) is 1. The van der Waals surface area contributed by atoms with Gasteiger partial charge in [0.1, 0.15) is 11.5 Å². The number of aliphatic imine (C=N–C) groups is 1. The molecule has 4 heterocycles. The van der Waals surface area contributed by atoms with Gasteiger partial charge in [0.15, 0.2) is 5.65 Å². The summed E-state index contributed by atoms with van der Waals surface area (Å²) in [7, 11) is 1.78. The number of benzene rings is 1. The third kappa shape index (κ3) is 4.06. The van der Waals surface area contributed by atoms with Crippen LogP contribution in [-0.2, 0) is 7.05 Å². The topological polar surface area (TPSA) is 88.3 Å². The summed E-state index contributed by atoms with van der Waals surface area (Å²) in [6, 6.07) is 8.51. The number of ketones is 1. The number of aromatic nitrogens is 4. The molecule has 1 N–H and O–H groups in total. The number of allylic oxidation sites excluding steroid dienone is 2. The fourth-order valence-corrected chi connectivity index (χ4v) is 4.99. The van der Waals surface area contributed by atoms with Crippen molar-refractivity contribution in [2.24, 2.45) is 12.0 Å². The molecule has 36 heavy (non-hydrogen) atoms. The van der Waals surface area contributed by atoms with E-state index in [0.717, 1.165) is 18.4 Å². The van der Waals surface area contributed by atoms with Crippen LogP contribution in [0.4, 0.5) is 4.39 Å². The number of aryl methyl sites for hydroxylation is 1. The average molecular weight is 487 g/mol. The molecule has 8 nitrogen and oxygen atoms in total. The van der Waals surface area contributed by atoms with E-state index in [1.165, 1.54) is 6.07 Å². The van der Waals surface area contributed by atoms with Crippen LogP contribution < -0.4 is 5.69 Å². The van der Waals surface area contributed by atoms with E-state index in [-0.39, 0.29) is 34.2 Å². The molecule has 0 radical (unpaired) electrons. The lowest BCUT2D eigenvalue weighted by atomic mass is 10.0. The fraction of sp³-hybridized carbons (Fsp3) is 0.259. The summed E-state index contributed by atoms with van der Waals surface area (Å²) in [5.41, 5.74) is 2.97. The Labute approximate surface area is 207 Å². The molecule has 184 valence electrons. The van der Waals surface area contributed by atoms with Crippen molar-refractivity contribution in [1.29, 1.82) is 0 Å². The van der Waals surface area contributed by atoms with Gasteiger partial charge < -0.3 is 9.47 Å². The molecule has 1 aromatic carbocycles. The summed E-state index contributed by atoms with van der Waals surface area (Å²) >= 11 is 0. The van der Waals surface area contributed by atoms with Crippen molar-refractivity contribution in [3.8, 4) is 0 Å². The normalized spacial score (nSPS) is 15.4. The number of hydrogen-bond acceptors (Lipinski definition) is 5. The fourth-order valence-electron chi connectivity index (χ4n) is 4.99. The number of halogens is 1. The largest absolute Gasteiger partial charge is 0.372 e. The number of nitrogens with zero attached hydrogens (tertiary/aromatic N) is 5. The Bertz CT molecular complexity index is 1600. The first kappa shape index (κ1) is 23.5. The van der Waals surface area contributed by atoms with Crippen LogP contribution in [0.5, 0.6) is 0 Å². The number of aromatic amines is 1. The quantitative estimate of drug-likeness (QED) is 0.190. The maximum atomic E-state index is 14.6. The van der Waals surface area contributed by atoms with Gasteiger partial charge >= 0.3 is 5.69 Å². The predicted molar refractivity (Wildman–Crippen MR) is 139 cm³/mol. The van der Waals surface area contributed by atoms with Crippen molar-refractivity contribution >= 4 is 34.1 Å². The van der Waals surface area contributed by atoms with Crippen LogP contribution in [0, 0.1) is 5.82 Å². The number of imidazole rings is 1. The monoisotopic (exact) mass is 486 g/mol. The SMILES string of the molecule is C=C(/C=C(\N=C/C)C(=O)c1cn(C)c2cccc(F)c12)N1CCC(n2c(=O)[nH]c3ncccc32)CC1. The number of Topliss-reactive ketones (excluding diaryl/α,β-unsaturated/α-hetero) is 1. The number of H-pyrrole nitrogens is 1. The smallest absolute Gasteiger partial charge is 0.327 e. The van der Waals surface area contributed by atoms with E-state index in [0.29, 0.717) is 30.0 Å². The number of hydrogen-bond donors (Lipinski definition) is 1. The lowest BCUT2D eigenvalue weighted by Crippen LogP contribution is -2.36. The highest BCUT2D eigenvalue weighted by atomic mass is 19.1. The van der Waals surface area contributed by atoms with Gasteiger partial charge in [-0.3, -0.25) is 19.3 Å². The average Bonchev–Trinajstić information content (AvgIpc) is 3.40. The van der Waals surface area contributed by atoms with Crippen LogP contribution in [0.1, 0.15) is 36.2 Å². The van der Waals surface area contributed by atoms with Gasteiger partial charge in [-0.1, -0.05) is 12.6 Å². The van der Waals surface area contributed by atoms with Gasteiger partial charge in [-0.15, -0.1) is 0 Å². The first-order valence-electron chi connectivity index (χ1n) is 11.9. The molecule has 0 bridgehead atoms. The van der Waals surface area contributed by atoms with Crippen molar-refractivity contribution in [2.75, 3.05) is 13.1 Å². The maximum absolute atomic E-state index is 14.6. The Balaban J connectivity index is 1.37. The van der Waals surface area contributed by atoms with Crippen molar-refractivity contribution < 1.29 is 9.18 Å². The zero-order valence-electron chi connectivity index (χ0n) is 20.2. The minimum absolute atomic E-state index is 0.0388. The number of fused-ring (bicyclic) bond motifs is 2. The van der Waals surface area contributed by atoms with E-state index in [1.807, 2.05) is 12.1 Å². The van der Waals surface area contributed by atoms with E-state index in [1.54, 1.807) is 59.9 Å². The highest BCUT2D eigenvalue weighted by Crippen LogP contribution is 2.29. The first-order chi connectivity index (χ1) is 17.4. The van der Waals surface area contributed by atoms with Crippen molar-refractivity contribution in [1.82, 2.24) is 24.0 Å². The second-order valence-corrected chi connectivity index (χ2v) is 8.91. The highest BCUT2D eigenvalue weighted by Gasteiger charge is 2.25. The number of rotatable bonds is 6. The third-order valence-corrected chi connectivity index (χ3v) is 6.74. The number of carbonyl (C=O) groups excluding carboxylic acids is 1.